The van der Waals surface area contributed by atoms with Crippen molar-refractivity contribution in [2.24, 2.45) is 11.1 Å². The van der Waals surface area contributed by atoms with E-state index < -0.39 is 11.3 Å². The molecule has 0 atom stereocenters. The summed E-state index contributed by atoms with van der Waals surface area (Å²) in [5.41, 5.74) is 7.71. The molecule has 0 aliphatic rings. The van der Waals surface area contributed by atoms with Crippen LogP contribution in [0.4, 0.5) is 0 Å². The lowest BCUT2D eigenvalue weighted by molar-refractivity contribution is 0.0822. The molecule has 1 amide bonds. The molecule has 0 unspecified atom stereocenters. The zero-order chi connectivity index (χ0) is 24.1. The highest BCUT2D eigenvalue weighted by molar-refractivity contribution is 9.10. The Morgan fingerprint density at radius 2 is 1.67 bits per heavy atom. The van der Waals surface area contributed by atoms with Crippen LogP contribution in [0.2, 0.25) is 10.0 Å². The smallest absolute Gasteiger partial charge is 0.253 e. The van der Waals surface area contributed by atoms with Gasteiger partial charge in [-0.3, -0.25) is 9.59 Å². The van der Waals surface area contributed by atoms with Crippen LogP contribution in [0, 0.1) is 5.41 Å². The molecular weight excluding hydrogens is 527 g/mol. The minimum atomic E-state index is -0.783. The fourth-order valence-electron chi connectivity index (χ4n) is 3.50. The average molecular weight is 546 g/mol. The maximum Gasteiger partial charge on any atom is 0.253 e. The van der Waals surface area contributed by atoms with Gasteiger partial charge in [-0.15, -0.1) is 0 Å². The van der Waals surface area contributed by atoms with Crippen LogP contribution in [0.5, 0.6) is 0 Å². The predicted octanol–water partition coefficient (Wildman–Crippen LogP) is 7.56. The zero-order valence-corrected chi connectivity index (χ0v) is 21.1. The Labute approximate surface area is 209 Å². The topological polar surface area (TPSA) is 86.2 Å². The first-order valence-electron chi connectivity index (χ1n) is 10.0. The fraction of sp³-hybridized carbons (Fsp3) is 0.160. The molecule has 0 spiro atoms. The number of furan rings is 1. The third-order valence-corrected chi connectivity index (χ3v) is 6.22. The quantitative estimate of drug-likeness (QED) is 0.268. The van der Waals surface area contributed by atoms with E-state index in [4.69, 9.17) is 38.3 Å². The van der Waals surface area contributed by atoms with E-state index >= 15 is 0 Å². The largest absolute Gasteiger partial charge is 0.434 e. The predicted molar refractivity (Wildman–Crippen MR) is 135 cm³/mol. The van der Waals surface area contributed by atoms with Crippen LogP contribution >= 0.6 is 39.1 Å². The summed E-state index contributed by atoms with van der Waals surface area (Å²) in [5.74, 6) is -1.20. The third-order valence-electron chi connectivity index (χ3n) is 5.16. The lowest BCUT2D eigenvalue weighted by Gasteiger charge is -2.14. The third kappa shape index (κ3) is 4.43. The highest BCUT2D eigenvalue weighted by Gasteiger charge is 2.33. The van der Waals surface area contributed by atoms with Gasteiger partial charge in [0.05, 0.1) is 21.7 Å². The van der Waals surface area contributed by atoms with Gasteiger partial charge in [0, 0.05) is 26.0 Å². The number of nitrogens with zero attached hydrogens (tertiary/aromatic N) is 1. The molecule has 0 fully saturated rings. The standard InChI is InChI=1S/C25H19BrCl2N2O3/c1-25(2,3)22(31)21-19(23(29)32)17-11-16(12-4-7-14(27)8-5-12)20(30-24(17)33-21)15-9-6-13(26)10-18(15)28/h4-11H,1-3H3,(H2,29,32). The van der Waals surface area contributed by atoms with E-state index in [9.17, 15) is 9.59 Å². The molecule has 33 heavy (non-hydrogen) atoms. The first-order chi connectivity index (χ1) is 15.5. The summed E-state index contributed by atoms with van der Waals surface area (Å²) in [6, 6.07) is 14.4. The number of pyridine rings is 1. The molecule has 8 heteroatoms. The van der Waals surface area contributed by atoms with Gasteiger partial charge in [-0.25, -0.2) is 4.98 Å². The Morgan fingerprint density at radius 3 is 2.24 bits per heavy atom. The summed E-state index contributed by atoms with van der Waals surface area (Å²) < 4.78 is 6.67. The van der Waals surface area contributed by atoms with E-state index in [1.807, 2.05) is 24.3 Å². The number of halogens is 3. The van der Waals surface area contributed by atoms with Gasteiger partial charge in [0.15, 0.2) is 5.76 Å². The number of nitrogens with two attached hydrogens (primary N) is 1. The monoisotopic (exact) mass is 544 g/mol. The second kappa shape index (κ2) is 8.60. The van der Waals surface area contributed by atoms with Gasteiger partial charge in [-0.2, -0.15) is 0 Å². The van der Waals surface area contributed by atoms with Crippen molar-refractivity contribution in [1.29, 1.82) is 0 Å². The molecule has 2 aromatic carbocycles. The molecule has 168 valence electrons. The Hall–Kier alpha value is -2.67. The lowest BCUT2D eigenvalue weighted by Crippen LogP contribution is -2.23. The van der Waals surface area contributed by atoms with Gasteiger partial charge in [0.1, 0.15) is 0 Å². The van der Waals surface area contributed by atoms with Gasteiger partial charge in [0.25, 0.3) is 5.91 Å². The van der Waals surface area contributed by atoms with E-state index in [2.05, 4.69) is 15.9 Å². The number of aromatic nitrogens is 1. The molecule has 4 aromatic rings. The van der Waals surface area contributed by atoms with Crippen LogP contribution in [-0.2, 0) is 0 Å². The summed E-state index contributed by atoms with van der Waals surface area (Å²) in [4.78, 5) is 30.1. The Bertz CT molecular complexity index is 1420. The Kier molecular flexibility index (Phi) is 6.12. The Balaban J connectivity index is 2.09. The minimum Gasteiger partial charge on any atom is -0.434 e. The van der Waals surface area contributed by atoms with Crippen molar-refractivity contribution in [3.63, 3.8) is 0 Å². The Morgan fingerprint density at radius 1 is 1.00 bits per heavy atom. The number of primary amides is 1. The van der Waals surface area contributed by atoms with Crippen molar-refractivity contribution in [3.05, 3.63) is 74.4 Å². The normalized spacial score (nSPS) is 11.7. The molecule has 2 heterocycles. The number of carbonyl (C=O) groups is 2. The number of rotatable bonds is 4. The molecule has 4 rings (SSSR count). The van der Waals surface area contributed by atoms with Crippen molar-refractivity contribution in [2.45, 2.75) is 20.8 Å². The summed E-state index contributed by atoms with van der Waals surface area (Å²) in [6.45, 7) is 5.23. The van der Waals surface area contributed by atoms with E-state index in [0.29, 0.717) is 32.3 Å². The van der Waals surface area contributed by atoms with Gasteiger partial charge in [-0.1, -0.05) is 78.1 Å². The van der Waals surface area contributed by atoms with Gasteiger partial charge in [0.2, 0.25) is 11.5 Å². The van der Waals surface area contributed by atoms with Crippen molar-refractivity contribution in [3.8, 4) is 22.4 Å². The number of benzene rings is 2. The summed E-state index contributed by atoms with van der Waals surface area (Å²) in [6.07, 6.45) is 0. The van der Waals surface area contributed by atoms with E-state index in [-0.39, 0.29) is 22.8 Å². The van der Waals surface area contributed by atoms with Crippen molar-refractivity contribution >= 4 is 61.9 Å². The molecule has 2 N–H and O–H groups in total. The molecule has 0 aliphatic carbocycles. The number of amides is 1. The molecule has 0 bridgehead atoms. The van der Waals surface area contributed by atoms with Gasteiger partial charge >= 0.3 is 0 Å². The summed E-state index contributed by atoms with van der Waals surface area (Å²) in [5, 5.41) is 1.41. The van der Waals surface area contributed by atoms with Crippen LogP contribution in [0.15, 0.2) is 57.4 Å². The minimum absolute atomic E-state index is 0.0149. The van der Waals surface area contributed by atoms with Crippen molar-refractivity contribution in [1.82, 2.24) is 4.98 Å². The number of fused-ring (bicyclic) bond motifs is 1. The van der Waals surface area contributed by atoms with Gasteiger partial charge in [-0.05, 0) is 35.9 Å². The highest BCUT2D eigenvalue weighted by atomic mass is 79.9. The molecule has 5 nitrogen and oxygen atoms in total. The van der Waals surface area contributed by atoms with E-state index in [1.54, 1.807) is 45.0 Å². The fourth-order valence-corrected chi connectivity index (χ4v) is 4.39. The lowest BCUT2D eigenvalue weighted by atomic mass is 9.87. The van der Waals surface area contributed by atoms with E-state index in [0.717, 1.165) is 10.0 Å². The highest BCUT2D eigenvalue weighted by Crippen LogP contribution is 2.40. The molecule has 0 aliphatic heterocycles. The maximum absolute atomic E-state index is 13.0. The van der Waals surface area contributed by atoms with Crippen LogP contribution in [0.1, 0.15) is 41.7 Å². The second-order valence-electron chi connectivity index (χ2n) is 8.62. The number of hydrogen-bond donors (Lipinski definition) is 1. The molecule has 0 saturated carbocycles. The molecule has 0 radical (unpaired) electrons. The van der Waals surface area contributed by atoms with Crippen molar-refractivity contribution < 1.29 is 14.0 Å². The first-order valence-corrected chi connectivity index (χ1v) is 11.6. The number of carbonyl (C=O) groups excluding carboxylic acids is 2. The SMILES string of the molecule is CC(C)(C)C(=O)c1oc2nc(-c3ccc(Br)cc3Cl)c(-c3ccc(Cl)cc3)cc2c1C(N)=O. The maximum atomic E-state index is 13.0. The summed E-state index contributed by atoms with van der Waals surface area (Å²) in [7, 11) is 0. The van der Waals surface area contributed by atoms with Crippen LogP contribution in [0.25, 0.3) is 33.5 Å². The molecule has 2 aromatic heterocycles. The number of ketones is 1. The first kappa shape index (κ1) is 23.5. The number of hydrogen-bond acceptors (Lipinski definition) is 4. The molecule has 0 saturated heterocycles. The van der Waals surface area contributed by atoms with Crippen molar-refractivity contribution in [2.75, 3.05) is 0 Å². The zero-order valence-electron chi connectivity index (χ0n) is 18.0. The number of Topliss-reactive ketones (excluding diaryl/α,β-unsaturated/α-hetero) is 1. The van der Waals surface area contributed by atoms with Crippen LogP contribution < -0.4 is 5.73 Å². The molecular formula is C25H19BrCl2N2O3. The van der Waals surface area contributed by atoms with Crippen LogP contribution in [0.3, 0.4) is 0 Å². The van der Waals surface area contributed by atoms with Crippen LogP contribution in [-0.4, -0.2) is 16.7 Å². The van der Waals surface area contributed by atoms with Gasteiger partial charge < -0.3 is 10.2 Å². The second-order valence-corrected chi connectivity index (χ2v) is 10.4. The van der Waals surface area contributed by atoms with E-state index in [1.165, 1.54) is 0 Å². The average Bonchev–Trinajstić information content (AvgIpc) is 3.11. The summed E-state index contributed by atoms with van der Waals surface area (Å²) >= 11 is 16.0.